The zero-order valence-corrected chi connectivity index (χ0v) is 16.3. The first kappa shape index (κ1) is 20.3. The Labute approximate surface area is 162 Å². The zero-order valence-electron chi connectivity index (χ0n) is 15.4. The first-order chi connectivity index (χ1) is 12.2. The van der Waals surface area contributed by atoms with Crippen LogP contribution in [0.5, 0.6) is 0 Å². The van der Waals surface area contributed by atoms with Gasteiger partial charge in [0.05, 0.1) is 0 Å². The molecule has 5 heteroatoms. The number of para-hydroxylation sites is 1. The molecule has 1 atom stereocenters. The van der Waals surface area contributed by atoms with E-state index in [4.69, 9.17) is 0 Å². The molecule has 2 N–H and O–H groups in total. The summed E-state index contributed by atoms with van der Waals surface area (Å²) in [5, 5.41) is 6.28. The lowest BCUT2D eigenvalue weighted by Gasteiger charge is -2.31. The molecule has 0 spiro atoms. The van der Waals surface area contributed by atoms with E-state index in [0.717, 1.165) is 30.9 Å². The number of benzene rings is 2. The first-order valence-corrected chi connectivity index (χ1v) is 9.09. The fourth-order valence-corrected chi connectivity index (χ4v) is 3.14. The number of hydrogen-bond acceptors (Lipinski definition) is 3. The Morgan fingerprint density at radius 1 is 1.12 bits per heavy atom. The normalized spacial score (nSPS) is 14.7. The van der Waals surface area contributed by atoms with Gasteiger partial charge in [-0.1, -0.05) is 37.3 Å². The maximum absolute atomic E-state index is 12.2. The number of nitrogens with zero attached hydrogens (tertiary/aromatic N) is 1. The molecule has 1 fully saturated rings. The summed E-state index contributed by atoms with van der Waals surface area (Å²) in [6.07, 6.45) is 0. The zero-order chi connectivity index (χ0) is 17.6. The fourth-order valence-electron chi connectivity index (χ4n) is 3.14. The minimum absolute atomic E-state index is 0. The van der Waals surface area contributed by atoms with Crippen LogP contribution in [-0.2, 0) is 11.3 Å². The molecule has 3 rings (SSSR count). The van der Waals surface area contributed by atoms with E-state index in [-0.39, 0.29) is 24.2 Å². The Balaban J connectivity index is 0.00000243. The highest BCUT2D eigenvalue weighted by Crippen LogP contribution is 2.25. The van der Waals surface area contributed by atoms with Gasteiger partial charge in [0.25, 0.3) is 0 Å². The third-order valence-corrected chi connectivity index (χ3v) is 5.03. The molecule has 0 bridgehead atoms. The van der Waals surface area contributed by atoms with E-state index in [1.807, 2.05) is 13.0 Å². The molecule has 1 aliphatic rings. The first-order valence-electron chi connectivity index (χ1n) is 9.09. The largest absolute Gasteiger partial charge is 0.352 e. The van der Waals surface area contributed by atoms with Crippen molar-refractivity contribution in [2.45, 2.75) is 20.4 Å². The third kappa shape index (κ3) is 4.77. The molecule has 1 aliphatic heterocycles. The molecule has 2 aromatic rings. The monoisotopic (exact) mass is 373 g/mol. The number of hydrogen-bond donors (Lipinski definition) is 2. The number of halogens is 1. The molecule has 1 unspecified atom stereocenters. The molecule has 0 aliphatic carbocycles. The van der Waals surface area contributed by atoms with Gasteiger partial charge < -0.3 is 15.5 Å². The molecular formula is C21H28ClN3O. The van der Waals surface area contributed by atoms with Crippen LogP contribution in [0.15, 0.2) is 54.6 Å². The van der Waals surface area contributed by atoms with E-state index >= 15 is 0 Å². The lowest BCUT2D eigenvalue weighted by molar-refractivity contribution is -0.126. The molecule has 0 aromatic heterocycles. The highest BCUT2D eigenvalue weighted by atomic mass is 35.5. The van der Waals surface area contributed by atoms with E-state index in [9.17, 15) is 4.79 Å². The summed E-state index contributed by atoms with van der Waals surface area (Å²) in [6.45, 7) is 7.57. The summed E-state index contributed by atoms with van der Waals surface area (Å²) in [6, 6.07) is 18.8. The molecule has 140 valence electrons. The van der Waals surface area contributed by atoms with E-state index in [2.05, 4.69) is 71.0 Å². The van der Waals surface area contributed by atoms with Gasteiger partial charge in [-0.25, -0.2) is 0 Å². The Morgan fingerprint density at radius 3 is 2.27 bits per heavy atom. The Morgan fingerprint density at radius 2 is 1.73 bits per heavy atom. The number of rotatable bonds is 7. The summed E-state index contributed by atoms with van der Waals surface area (Å²) in [4.78, 5) is 14.5. The summed E-state index contributed by atoms with van der Waals surface area (Å²) in [7, 11) is 0. The molecule has 26 heavy (non-hydrogen) atoms. The second-order valence-corrected chi connectivity index (χ2v) is 6.67. The molecular weight excluding hydrogens is 346 g/mol. The van der Waals surface area contributed by atoms with Crippen molar-refractivity contribution >= 4 is 29.7 Å². The van der Waals surface area contributed by atoms with E-state index in [1.165, 1.54) is 5.69 Å². The van der Waals surface area contributed by atoms with E-state index < -0.39 is 0 Å². The maximum atomic E-state index is 12.2. The van der Waals surface area contributed by atoms with Crippen LogP contribution >= 0.6 is 12.4 Å². The van der Waals surface area contributed by atoms with Gasteiger partial charge in [0.1, 0.15) is 0 Å². The number of carbonyl (C=O) groups is 1. The minimum atomic E-state index is 0. The van der Waals surface area contributed by atoms with Crippen LogP contribution in [0.3, 0.4) is 0 Å². The van der Waals surface area contributed by atoms with Crippen molar-refractivity contribution in [1.82, 2.24) is 10.6 Å². The lowest BCUT2D eigenvalue weighted by atomic mass is 9.88. The summed E-state index contributed by atoms with van der Waals surface area (Å²) >= 11 is 0. The predicted octanol–water partition coefficient (Wildman–Crippen LogP) is 3.74. The van der Waals surface area contributed by atoms with Crippen molar-refractivity contribution in [1.29, 1.82) is 0 Å². The minimum Gasteiger partial charge on any atom is -0.352 e. The summed E-state index contributed by atoms with van der Waals surface area (Å²) in [5.41, 5.74) is 3.48. The van der Waals surface area contributed by atoms with Gasteiger partial charge in [-0.3, -0.25) is 4.79 Å². The summed E-state index contributed by atoms with van der Waals surface area (Å²) in [5.74, 6) is 0.704. The fraction of sp³-hybridized carbons (Fsp3) is 0.381. The van der Waals surface area contributed by atoms with Gasteiger partial charge in [-0.2, -0.15) is 0 Å². The standard InChI is InChI=1S/C21H27N3O.ClH/c1-3-24(19-7-5-4-6-8-19)20-11-9-17(10-12-20)13-23-21(25)16(2)18-14-22-15-18;/h4-12,16,18,22H,3,13-15H2,1-2H3,(H,23,25);1H. The number of carbonyl (C=O) groups excluding carboxylic acids is 1. The third-order valence-electron chi connectivity index (χ3n) is 5.03. The highest BCUT2D eigenvalue weighted by molar-refractivity contribution is 5.85. The van der Waals surface area contributed by atoms with Gasteiger partial charge in [0, 0.05) is 30.4 Å². The smallest absolute Gasteiger partial charge is 0.223 e. The Kier molecular flexibility index (Phi) is 7.49. The van der Waals surface area contributed by atoms with Crippen LogP contribution in [-0.4, -0.2) is 25.5 Å². The number of nitrogens with one attached hydrogen (secondary N) is 2. The Hall–Kier alpha value is -2.04. The molecule has 1 heterocycles. The SMILES string of the molecule is CCN(c1ccccc1)c1ccc(CNC(=O)C(C)C2CNC2)cc1.Cl. The summed E-state index contributed by atoms with van der Waals surface area (Å²) < 4.78 is 0. The van der Waals surface area contributed by atoms with Gasteiger partial charge >= 0.3 is 0 Å². The molecule has 2 aromatic carbocycles. The Bertz CT molecular complexity index is 686. The number of amides is 1. The van der Waals surface area contributed by atoms with Gasteiger partial charge in [-0.15, -0.1) is 12.4 Å². The van der Waals surface area contributed by atoms with Crippen molar-refractivity contribution in [3.8, 4) is 0 Å². The number of anilines is 2. The van der Waals surface area contributed by atoms with E-state index in [0.29, 0.717) is 12.5 Å². The predicted molar refractivity (Wildman–Crippen MR) is 110 cm³/mol. The second-order valence-electron chi connectivity index (χ2n) is 6.67. The maximum Gasteiger partial charge on any atom is 0.223 e. The van der Waals surface area contributed by atoms with Gasteiger partial charge in [-0.05, 0) is 55.8 Å². The van der Waals surface area contributed by atoms with Crippen LogP contribution in [0.25, 0.3) is 0 Å². The second kappa shape index (κ2) is 9.60. The van der Waals surface area contributed by atoms with Crippen molar-refractivity contribution in [3.63, 3.8) is 0 Å². The van der Waals surface area contributed by atoms with Crippen LogP contribution in [0.4, 0.5) is 11.4 Å². The molecule has 0 saturated carbocycles. The molecule has 1 saturated heterocycles. The quantitative estimate of drug-likeness (QED) is 0.777. The van der Waals surface area contributed by atoms with Crippen molar-refractivity contribution in [3.05, 3.63) is 60.2 Å². The van der Waals surface area contributed by atoms with Crippen molar-refractivity contribution in [2.75, 3.05) is 24.5 Å². The van der Waals surface area contributed by atoms with Crippen LogP contribution in [0.2, 0.25) is 0 Å². The average molecular weight is 374 g/mol. The highest BCUT2D eigenvalue weighted by Gasteiger charge is 2.28. The average Bonchev–Trinajstić information content (AvgIpc) is 2.61. The molecule has 0 radical (unpaired) electrons. The molecule has 1 amide bonds. The van der Waals surface area contributed by atoms with Crippen LogP contribution in [0.1, 0.15) is 19.4 Å². The van der Waals surface area contributed by atoms with Crippen LogP contribution < -0.4 is 15.5 Å². The van der Waals surface area contributed by atoms with E-state index in [1.54, 1.807) is 0 Å². The van der Waals surface area contributed by atoms with Crippen molar-refractivity contribution < 1.29 is 4.79 Å². The van der Waals surface area contributed by atoms with Crippen molar-refractivity contribution in [2.24, 2.45) is 11.8 Å². The molecule has 4 nitrogen and oxygen atoms in total. The lowest BCUT2D eigenvalue weighted by Crippen LogP contribution is -2.49. The van der Waals surface area contributed by atoms with Gasteiger partial charge in [0.2, 0.25) is 5.91 Å². The van der Waals surface area contributed by atoms with Crippen LogP contribution in [0, 0.1) is 11.8 Å². The van der Waals surface area contributed by atoms with Gasteiger partial charge in [0.15, 0.2) is 0 Å². The topological polar surface area (TPSA) is 44.4 Å².